The molecule has 0 spiro atoms. The lowest BCUT2D eigenvalue weighted by Gasteiger charge is -2.17. The summed E-state index contributed by atoms with van der Waals surface area (Å²) in [4.78, 5) is 4.23. The molecule has 0 unspecified atom stereocenters. The summed E-state index contributed by atoms with van der Waals surface area (Å²) in [6.45, 7) is 4.22. The third-order valence-electron chi connectivity index (χ3n) is 3.07. The van der Waals surface area contributed by atoms with E-state index in [0.29, 0.717) is 10.7 Å². The van der Waals surface area contributed by atoms with Crippen molar-refractivity contribution in [3.63, 3.8) is 0 Å². The second-order valence-corrected chi connectivity index (χ2v) is 6.97. The molecule has 2 rings (SSSR count). The Balaban J connectivity index is 2.27. The number of nitrogens with one attached hydrogen (secondary N) is 1. The molecule has 0 bridgehead atoms. The molecule has 1 aromatic carbocycles. The number of aromatic nitrogens is 3. The summed E-state index contributed by atoms with van der Waals surface area (Å²) in [6, 6.07) is 7.03. The Kier molecular flexibility index (Phi) is 4.20. The molecule has 7 heteroatoms. The lowest BCUT2D eigenvalue weighted by Crippen LogP contribution is -2.27. The standard InChI is InChI=1S/C13H18N4O2S/c1-10(2)11-5-4-6-12(7-11)20(18,19)17(3)8-13-14-9-15-16-13/h4-7,9-10H,8H2,1-3H3,(H,14,15,16). The average Bonchev–Trinajstić information content (AvgIpc) is 2.91. The molecule has 1 aromatic heterocycles. The van der Waals surface area contributed by atoms with Gasteiger partial charge in [-0.1, -0.05) is 26.0 Å². The molecule has 6 nitrogen and oxygen atoms in total. The second-order valence-electron chi connectivity index (χ2n) is 4.92. The van der Waals surface area contributed by atoms with E-state index in [2.05, 4.69) is 15.2 Å². The number of rotatable bonds is 5. The van der Waals surface area contributed by atoms with Gasteiger partial charge in [0.2, 0.25) is 10.0 Å². The summed E-state index contributed by atoms with van der Waals surface area (Å²) in [5.74, 6) is 0.792. The second kappa shape index (κ2) is 5.72. The molecule has 0 atom stereocenters. The first-order valence-electron chi connectivity index (χ1n) is 6.32. The van der Waals surface area contributed by atoms with E-state index in [0.717, 1.165) is 5.56 Å². The van der Waals surface area contributed by atoms with Crippen LogP contribution in [0.1, 0.15) is 31.2 Å². The third-order valence-corrected chi connectivity index (χ3v) is 4.87. The van der Waals surface area contributed by atoms with Crippen LogP contribution in [-0.2, 0) is 16.6 Å². The Morgan fingerprint density at radius 1 is 1.35 bits per heavy atom. The van der Waals surface area contributed by atoms with E-state index in [1.165, 1.54) is 17.7 Å². The van der Waals surface area contributed by atoms with Gasteiger partial charge in [-0.15, -0.1) is 0 Å². The van der Waals surface area contributed by atoms with E-state index in [9.17, 15) is 8.42 Å². The highest BCUT2D eigenvalue weighted by Gasteiger charge is 2.22. The van der Waals surface area contributed by atoms with Gasteiger partial charge in [0.1, 0.15) is 12.2 Å². The highest BCUT2D eigenvalue weighted by Crippen LogP contribution is 2.21. The van der Waals surface area contributed by atoms with Gasteiger partial charge < -0.3 is 0 Å². The van der Waals surface area contributed by atoms with Crippen molar-refractivity contribution >= 4 is 10.0 Å². The minimum atomic E-state index is -3.53. The van der Waals surface area contributed by atoms with Crippen LogP contribution in [-0.4, -0.2) is 35.0 Å². The summed E-state index contributed by atoms with van der Waals surface area (Å²) in [7, 11) is -2.00. The summed E-state index contributed by atoms with van der Waals surface area (Å²) in [5, 5.41) is 6.36. The van der Waals surface area contributed by atoms with E-state index in [-0.39, 0.29) is 12.5 Å². The molecule has 2 aromatic rings. The quantitative estimate of drug-likeness (QED) is 0.911. The molecule has 0 fully saturated rings. The molecule has 20 heavy (non-hydrogen) atoms. The lowest BCUT2D eigenvalue weighted by molar-refractivity contribution is 0.457. The number of hydrogen-bond donors (Lipinski definition) is 1. The van der Waals surface area contributed by atoms with Crippen LogP contribution < -0.4 is 0 Å². The fraction of sp³-hybridized carbons (Fsp3) is 0.385. The number of aromatic amines is 1. The van der Waals surface area contributed by atoms with Crippen LogP contribution in [0.5, 0.6) is 0 Å². The van der Waals surface area contributed by atoms with Crippen LogP contribution in [0.15, 0.2) is 35.5 Å². The van der Waals surface area contributed by atoms with Crippen molar-refractivity contribution in [2.45, 2.75) is 31.2 Å². The third kappa shape index (κ3) is 3.05. The van der Waals surface area contributed by atoms with Gasteiger partial charge in [-0.05, 0) is 23.6 Å². The lowest BCUT2D eigenvalue weighted by atomic mass is 10.0. The molecule has 0 amide bonds. The Labute approximate surface area is 118 Å². The van der Waals surface area contributed by atoms with Gasteiger partial charge in [0.05, 0.1) is 11.4 Å². The van der Waals surface area contributed by atoms with E-state index in [1.807, 2.05) is 19.9 Å². The van der Waals surface area contributed by atoms with Crippen molar-refractivity contribution in [1.29, 1.82) is 0 Å². The van der Waals surface area contributed by atoms with Crippen LogP contribution in [0.3, 0.4) is 0 Å². The van der Waals surface area contributed by atoms with Crippen molar-refractivity contribution < 1.29 is 8.42 Å². The maximum Gasteiger partial charge on any atom is 0.243 e. The van der Waals surface area contributed by atoms with E-state index in [1.54, 1.807) is 18.2 Å². The summed E-state index contributed by atoms with van der Waals surface area (Å²) >= 11 is 0. The van der Waals surface area contributed by atoms with Crippen molar-refractivity contribution in [3.05, 3.63) is 42.0 Å². The highest BCUT2D eigenvalue weighted by molar-refractivity contribution is 7.89. The largest absolute Gasteiger partial charge is 0.262 e. The van der Waals surface area contributed by atoms with Gasteiger partial charge >= 0.3 is 0 Å². The van der Waals surface area contributed by atoms with Crippen molar-refractivity contribution in [3.8, 4) is 0 Å². The Morgan fingerprint density at radius 2 is 2.10 bits per heavy atom. The Morgan fingerprint density at radius 3 is 2.70 bits per heavy atom. The molecule has 0 aliphatic carbocycles. The van der Waals surface area contributed by atoms with Gasteiger partial charge in [-0.3, -0.25) is 5.10 Å². The number of benzene rings is 1. The summed E-state index contributed by atoms with van der Waals surface area (Å²) < 4.78 is 26.3. The normalized spacial score (nSPS) is 12.2. The zero-order valence-electron chi connectivity index (χ0n) is 11.7. The predicted octanol–water partition coefficient (Wildman–Crippen LogP) is 1.75. The number of sulfonamides is 1. The molecular formula is C13H18N4O2S. The Hall–Kier alpha value is -1.73. The molecule has 108 valence electrons. The SMILES string of the molecule is CC(C)c1cccc(S(=O)(=O)N(C)Cc2ncn[nH]2)c1. The zero-order valence-corrected chi connectivity index (χ0v) is 12.6. The van der Waals surface area contributed by atoms with Crippen molar-refractivity contribution in [1.82, 2.24) is 19.5 Å². The molecular weight excluding hydrogens is 276 g/mol. The smallest absolute Gasteiger partial charge is 0.243 e. The molecule has 0 saturated carbocycles. The fourth-order valence-electron chi connectivity index (χ4n) is 1.82. The van der Waals surface area contributed by atoms with Gasteiger partial charge in [0.25, 0.3) is 0 Å². The van der Waals surface area contributed by atoms with Gasteiger partial charge in [-0.25, -0.2) is 13.4 Å². The maximum atomic E-state index is 12.5. The topological polar surface area (TPSA) is 79.0 Å². The average molecular weight is 294 g/mol. The van der Waals surface area contributed by atoms with Gasteiger partial charge in [0, 0.05) is 7.05 Å². The first kappa shape index (κ1) is 14.7. The highest BCUT2D eigenvalue weighted by atomic mass is 32.2. The van der Waals surface area contributed by atoms with Crippen LogP contribution in [0, 0.1) is 0 Å². The monoisotopic (exact) mass is 294 g/mol. The first-order valence-corrected chi connectivity index (χ1v) is 7.76. The van der Waals surface area contributed by atoms with Gasteiger partial charge in [-0.2, -0.15) is 9.40 Å². The fourth-order valence-corrected chi connectivity index (χ4v) is 3.00. The van der Waals surface area contributed by atoms with E-state index < -0.39 is 10.0 Å². The molecule has 0 aliphatic heterocycles. The molecule has 0 saturated heterocycles. The van der Waals surface area contributed by atoms with Crippen molar-refractivity contribution in [2.24, 2.45) is 0 Å². The zero-order chi connectivity index (χ0) is 14.8. The first-order chi connectivity index (χ1) is 9.41. The summed E-state index contributed by atoms with van der Waals surface area (Å²) in [6.07, 6.45) is 1.36. The van der Waals surface area contributed by atoms with Crippen LogP contribution in [0.2, 0.25) is 0 Å². The van der Waals surface area contributed by atoms with Crippen LogP contribution in [0.4, 0.5) is 0 Å². The Bertz CT molecular complexity index is 665. The van der Waals surface area contributed by atoms with E-state index in [4.69, 9.17) is 0 Å². The number of nitrogens with zero attached hydrogens (tertiary/aromatic N) is 3. The van der Waals surface area contributed by atoms with Crippen LogP contribution >= 0.6 is 0 Å². The van der Waals surface area contributed by atoms with E-state index >= 15 is 0 Å². The van der Waals surface area contributed by atoms with Crippen LogP contribution in [0.25, 0.3) is 0 Å². The summed E-state index contributed by atoms with van der Waals surface area (Å²) in [5.41, 5.74) is 0.999. The molecule has 0 aliphatic rings. The molecule has 1 heterocycles. The molecule has 1 N–H and O–H groups in total. The predicted molar refractivity (Wildman–Crippen MR) is 75.6 cm³/mol. The minimum absolute atomic E-state index is 0.161. The number of hydrogen-bond acceptors (Lipinski definition) is 4. The minimum Gasteiger partial charge on any atom is -0.262 e. The molecule has 0 radical (unpaired) electrons. The van der Waals surface area contributed by atoms with Crippen molar-refractivity contribution in [2.75, 3.05) is 7.05 Å². The van der Waals surface area contributed by atoms with Gasteiger partial charge in [0.15, 0.2) is 0 Å². The number of H-pyrrole nitrogens is 1. The maximum absolute atomic E-state index is 12.5.